The van der Waals surface area contributed by atoms with Crippen LogP contribution in [-0.2, 0) is 4.79 Å². The summed E-state index contributed by atoms with van der Waals surface area (Å²) in [7, 11) is 1.69. The van der Waals surface area contributed by atoms with Crippen LogP contribution in [0.15, 0.2) is 0 Å². The second kappa shape index (κ2) is 7.24. The Hall–Kier alpha value is -1.26. The van der Waals surface area contributed by atoms with Gasteiger partial charge in [0.05, 0.1) is 0 Å². The maximum Gasteiger partial charge on any atom is 0.326 e. The van der Waals surface area contributed by atoms with Crippen LogP contribution in [0, 0.1) is 5.41 Å². The fourth-order valence-corrected chi connectivity index (χ4v) is 1.58. The number of carbonyl (C=O) groups excluding carboxylic acids is 1. The Balaban J connectivity index is 4.38. The zero-order valence-corrected chi connectivity index (χ0v) is 12.1. The second-order valence-corrected chi connectivity index (χ2v) is 5.72. The first kappa shape index (κ1) is 16.7. The number of hydrogen-bond acceptors (Lipinski definition) is 2. The lowest BCUT2D eigenvalue weighted by Gasteiger charge is -2.29. The Morgan fingerprint density at radius 1 is 1.28 bits per heavy atom. The lowest BCUT2D eigenvalue weighted by atomic mass is 9.87. The summed E-state index contributed by atoms with van der Waals surface area (Å²) in [6.07, 6.45) is 3.10. The molecule has 0 saturated heterocycles. The van der Waals surface area contributed by atoms with E-state index < -0.39 is 17.4 Å². The minimum Gasteiger partial charge on any atom is -0.480 e. The predicted octanol–water partition coefficient (Wildman–Crippen LogP) is 2.32. The molecule has 0 aromatic carbocycles. The molecule has 0 aliphatic heterocycles. The Morgan fingerprint density at radius 2 is 1.83 bits per heavy atom. The average Bonchev–Trinajstić information content (AvgIpc) is 2.23. The van der Waals surface area contributed by atoms with Crippen molar-refractivity contribution in [2.75, 3.05) is 13.6 Å². The van der Waals surface area contributed by atoms with Gasteiger partial charge in [-0.15, -0.1) is 0 Å². The van der Waals surface area contributed by atoms with Crippen molar-refractivity contribution >= 4 is 12.0 Å². The summed E-state index contributed by atoms with van der Waals surface area (Å²) in [4.78, 5) is 24.5. The number of unbranched alkanes of at least 4 members (excludes halogenated alkanes) is 2. The molecule has 0 radical (unpaired) electrons. The van der Waals surface area contributed by atoms with Gasteiger partial charge in [0.15, 0.2) is 0 Å². The number of carbonyl (C=O) groups is 2. The number of nitrogens with zero attached hydrogens (tertiary/aromatic N) is 1. The minimum absolute atomic E-state index is 0.326. The van der Waals surface area contributed by atoms with Crippen LogP contribution >= 0.6 is 0 Å². The van der Waals surface area contributed by atoms with Crippen molar-refractivity contribution in [2.24, 2.45) is 5.41 Å². The third kappa shape index (κ3) is 5.89. The number of nitrogens with one attached hydrogen (secondary N) is 1. The molecule has 1 atom stereocenters. The van der Waals surface area contributed by atoms with Crippen molar-refractivity contribution in [3.8, 4) is 0 Å². The van der Waals surface area contributed by atoms with E-state index in [2.05, 4.69) is 12.2 Å². The van der Waals surface area contributed by atoms with Gasteiger partial charge in [-0.2, -0.15) is 0 Å². The second-order valence-electron chi connectivity index (χ2n) is 5.72. The first-order valence-electron chi connectivity index (χ1n) is 6.44. The number of amides is 2. The molecule has 0 aromatic heterocycles. The van der Waals surface area contributed by atoms with E-state index in [1.165, 1.54) is 4.90 Å². The Bertz CT molecular complexity index is 284. The van der Waals surface area contributed by atoms with Crippen LogP contribution in [0.25, 0.3) is 0 Å². The fraction of sp³-hybridized carbons (Fsp3) is 0.846. The molecule has 18 heavy (non-hydrogen) atoms. The highest BCUT2D eigenvalue weighted by Crippen LogP contribution is 2.19. The molecule has 0 aliphatic rings. The maximum atomic E-state index is 11.9. The maximum absolute atomic E-state index is 11.9. The highest BCUT2D eigenvalue weighted by Gasteiger charge is 2.33. The molecular formula is C13H26N2O3. The van der Waals surface area contributed by atoms with E-state index in [4.69, 9.17) is 5.11 Å². The SMILES string of the molecule is CCCCCN(C)C(=O)N[C@@H](C(=O)O)C(C)(C)C. The van der Waals surface area contributed by atoms with E-state index in [-0.39, 0.29) is 6.03 Å². The summed E-state index contributed by atoms with van der Waals surface area (Å²) in [5.41, 5.74) is -0.508. The molecule has 106 valence electrons. The average molecular weight is 258 g/mol. The summed E-state index contributed by atoms with van der Waals surface area (Å²) in [5, 5.41) is 11.7. The van der Waals surface area contributed by atoms with E-state index in [1.54, 1.807) is 27.8 Å². The number of urea groups is 1. The topological polar surface area (TPSA) is 69.6 Å². The van der Waals surface area contributed by atoms with Gasteiger partial charge in [0.25, 0.3) is 0 Å². The van der Waals surface area contributed by atoms with Crippen LogP contribution < -0.4 is 5.32 Å². The van der Waals surface area contributed by atoms with Gasteiger partial charge in [-0.05, 0) is 11.8 Å². The van der Waals surface area contributed by atoms with Crippen LogP contribution in [0.4, 0.5) is 4.79 Å². The molecule has 2 amide bonds. The van der Waals surface area contributed by atoms with Crippen molar-refractivity contribution in [1.29, 1.82) is 0 Å². The molecule has 2 N–H and O–H groups in total. The van der Waals surface area contributed by atoms with Crippen LogP contribution in [0.5, 0.6) is 0 Å². The third-order valence-corrected chi connectivity index (χ3v) is 2.82. The summed E-state index contributed by atoms with van der Waals surface area (Å²) in [5.74, 6) is -1.00. The zero-order chi connectivity index (χ0) is 14.3. The molecule has 0 heterocycles. The largest absolute Gasteiger partial charge is 0.480 e. The molecule has 0 aromatic rings. The molecule has 5 nitrogen and oxygen atoms in total. The van der Waals surface area contributed by atoms with Gasteiger partial charge in [0.1, 0.15) is 6.04 Å². The number of hydrogen-bond donors (Lipinski definition) is 2. The van der Waals surface area contributed by atoms with E-state index in [9.17, 15) is 9.59 Å². The van der Waals surface area contributed by atoms with Crippen LogP contribution in [0.1, 0.15) is 47.0 Å². The molecular weight excluding hydrogens is 232 g/mol. The molecule has 0 bridgehead atoms. The highest BCUT2D eigenvalue weighted by atomic mass is 16.4. The van der Waals surface area contributed by atoms with Gasteiger partial charge in [0.2, 0.25) is 0 Å². The predicted molar refractivity (Wildman–Crippen MR) is 71.6 cm³/mol. The van der Waals surface area contributed by atoms with Crippen LogP contribution in [0.2, 0.25) is 0 Å². The summed E-state index contributed by atoms with van der Waals surface area (Å²) < 4.78 is 0. The number of carboxylic acids is 1. The molecule has 5 heteroatoms. The smallest absolute Gasteiger partial charge is 0.326 e. The number of aliphatic carboxylic acids is 1. The van der Waals surface area contributed by atoms with E-state index in [0.717, 1.165) is 19.3 Å². The summed E-state index contributed by atoms with van der Waals surface area (Å²) in [6.45, 7) is 8.13. The highest BCUT2D eigenvalue weighted by molar-refractivity contribution is 5.83. The van der Waals surface area contributed by atoms with Gasteiger partial charge in [0, 0.05) is 13.6 Å². The zero-order valence-electron chi connectivity index (χ0n) is 12.1. The van der Waals surface area contributed by atoms with E-state index >= 15 is 0 Å². The first-order chi connectivity index (χ1) is 8.20. The number of rotatable bonds is 6. The molecule has 0 saturated carbocycles. The Morgan fingerprint density at radius 3 is 2.22 bits per heavy atom. The summed E-state index contributed by atoms with van der Waals surface area (Å²) in [6, 6.07) is -1.20. The monoisotopic (exact) mass is 258 g/mol. The van der Waals surface area contributed by atoms with Crippen LogP contribution in [-0.4, -0.2) is 41.6 Å². The third-order valence-electron chi connectivity index (χ3n) is 2.82. The molecule has 0 rings (SSSR count). The lowest BCUT2D eigenvalue weighted by molar-refractivity contribution is -0.142. The van der Waals surface area contributed by atoms with Crippen molar-refractivity contribution in [1.82, 2.24) is 10.2 Å². The normalized spacial score (nSPS) is 12.9. The Labute approximate surface area is 110 Å². The first-order valence-corrected chi connectivity index (χ1v) is 6.44. The van der Waals surface area contributed by atoms with Crippen molar-refractivity contribution in [3.63, 3.8) is 0 Å². The minimum atomic E-state index is -1.00. The standard InChI is InChI=1S/C13H26N2O3/c1-6-7-8-9-15(5)12(18)14-10(11(16)17)13(2,3)4/h10H,6-9H2,1-5H3,(H,14,18)(H,16,17)/t10-/m0/s1. The van der Waals surface area contributed by atoms with Gasteiger partial charge >= 0.3 is 12.0 Å². The summed E-state index contributed by atoms with van der Waals surface area (Å²) >= 11 is 0. The van der Waals surface area contributed by atoms with Crippen molar-refractivity contribution < 1.29 is 14.7 Å². The van der Waals surface area contributed by atoms with Gasteiger partial charge in [-0.1, -0.05) is 40.5 Å². The fourth-order valence-electron chi connectivity index (χ4n) is 1.58. The lowest BCUT2D eigenvalue weighted by Crippen LogP contribution is -2.52. The Kier molecular flexibility index (Phi) is 6.73. The van der Waals surface area contributed by atoms with Gasteiger partial charge in [-0.25, -0.2) is 9.59 Å². The van der Waals surface area contributed by atoms with E-state index in [1.807, 2.05) is 0 Å². The van der Waals surface area contributed by atoms with Crippen molar-refractivity contribution in [2.45, 2.75) is 53.0 Å². The number of carboxylic acid groups (broad SMARTS) is 1. The van der Waals surface area contributed by atoms with E-state index in [0.29, 0.717) is 6.54 Å². The molecule has 0 fully saturated rings. The van der Waals surface area contributed by atoms with Gasteiger partial charge in [-0.3, -0.25) is 0 Å². The quantitative estimate of drug-likeness (QED) is 0.718. The van der Waals surface area contributed by atoms with Gasteiger partial charge < -0.3 is 15.3 Å². The molecule has 0 unspecified atom stereocenters. The molecule has 0 aliphatic carbocycles. The van der Waals surface area contributed by atoms with Crippen molar-refractivity contribution in [3.05, 3.63) is 0 Å². The van der Waals surface area contributed by atoms with Crippen LogP contribution in [0.3, 0.4) is 0 Å². The molecule has 0 spiro atoms.